The number of rotatable bonds is 4. The Bertz CT molecular complexity index is 98.3. The van der Waals surface area contributed by atoms with Crippen molar-refractivity contribution in [3.8, 4) is 0 Å². The summed E-state index contributed by atoms with van der Waals surface area (Å²) in [6.07, 6.45) is 2.33. The topological polar surface area (TPSA) is 58.3 Å². The molecule has 3 heteroatoms. The molecule has 3 nitrogen and oxygen atoms in total. The minimum absolute atomic E-state index is 0.243. The highest BCUT2D eigenvalue weighted by Crippen LogP contribution is 2.17. The lowest BCUT2D eigenvalue weighted by atomic mass is 9.94. The van der Waals surface area contributed by atoms with Crippen LogP contribution < -0.4 is 11.1 Å². The van der Waals surface area contributed by atoms with E-state index in [2.05, 4.69) is 5.32 Å². The molecule has 1 rings (SSSR count). The monoisotopic (exact) mass is 158 g/mol. The highest BCUT2D eigenvalue weighted by atomic mass is 16.3. The van der Waals surface area contributed by atoms with Gasteiger partial charge in [-0.05, 0) is 44.3 Å². The van der Waals surface area contributed by atoms with Gasteiger partial charge in [0.25, 0.3) is 0 Å². The maximum atomic E-state index is 8.89. The van der Waals surface area contributed by atoms with E-state index in [-0.39, 0.29) is 6.61 Å². The summed E-state index contributed by atoms with van der Waals surface area (Å²) < 4.78 is 0. The third-order valence-electron chi connectivity index (χ3n) is 2.42. The summed E-state index contributed by atoms with van der Waals surface area (Å²) in [4.78, 5) is 0. The van der Waals surface area contributed by atoms with Crippen LogP contribution in [0.15, 0.2) is 0 Å². The Labute approximate surface area is 68.0 Å². The summed E-state index contributed by atoms with van der Waals surface area (Å²) in [7, 11) is 0. The van der Waals surface area contributed by atoms with E-state index < -0.39 is 0 Å². The Morgan fingerprint density at radius 2 is 2.45 bits per heavy atom. The van der Waals surface area contributed by atoms with Crippen molar-refractivity contribution in [2.24, 2.45) is 17.6 Å². The van der Waals surface area contributed by atoms with E-state index in [0.717, 1.165) is 25.4 Å². The number of nitrogens with one attached hydrogen (secondary N) is 1. The van der Waals surface area contributed by atoms with Gasteiger partial charge in [-0.25, -0.2) is 0 Å². The van der Waals surface area contributed by atoms with Crippen LogP contribution in [0.4, 0.5) is 0 Å². The van der Waals surface area contributed by atoms with Gasteiger partial charge in [0, 0.05) is 6.61 Å². The van der Waals surface area contributed by atoms with Crippen LogP contribution in [0.3, 0.4) is 0 Å². The third-order valence-corrected chi connectivity index (χ3v) is 2.42. The molecular weight excluding hydrogens is 140 g/mol. The maximum Gasteiger partial charge on any atom is 0.0471 e. The van der Waals surface area contributed by atoms with Crippen LogP contribution in [0.25, 0.3) is 0 Å². The summed E-state index contributed by atoms with van der Waals surface area (Å²) in [6.45, 7) is 3.10. The first-order valence-electron chi connectivity index (χ1n) is 4.38. The van der Waals surface area contributed by atoms with Crippen LogP contribution in [0.1, 0.15) is 12.8 Å². The minimum atomic E-state index is 0.243. The van der Waals surface area contributed by atoms with Crippen molar-refractivity contribution < 1.29 is 5.11 Å². The maximum absolute atomic E-state index is 8.89. The van der Waals surface area contributed by atoms with E-state index in [4.69, 9.17) is 10.8 Å². The van der Waals surface area contributed by atoms with Crippen LogP contribution in [-0.4, -0.2) is 31.3 Å². The standard InChI is InChI=1S/C8H18N2O/c9-4-8(6-11)3-7-1-2-10-5-7/h7-8,10-11H,1-6,9H2. The van der Waals surface area contributed by atoms with Crippen LogP contribution in [0, 0.1) is 11.8 Å². The molecule has 2 atom stereocenters. The van der Waals surface area contributed by atoms with E-state index in [1.54, 1.807) is 0 Å². The fourth-order valence-electron chi connectivity index (χ4n) is 1.63. The van der Waals surface area contributed by atoms with Crippen molar-refractivity contribution in [1.82, 2.24) is 5.32 Å². The zero-order valence-corrected chi connectivity index (χ0v) is 6.92. The van der Waals surface area contributed by atoms with Gasteiger partial charge in [0.1, 0.15) is 0 Å². The van der Waals surface area contributed by atoms with Crippen molar-refractivity contribution in [3.63, 3.8) is 0 Å². The first-order valence-corrected chi connectivity index (χ1v) is 4.38. The number of hydrogen-bond acceptors (Lipinski definition) is 3. The average molecular weight is 158 g/mol. The first-order chi connectivity index (χ1) is 5.36. The van der Waals surface area contributed by atoms with Crippen molar-refractivity contribution >= 4 is 0 Å². The van der Waals surface area contributed by atoms with Gasteiger partial charge in [0.15, 0.2) is 0 Å². The predicted octanol–water partition coefficient (Wildman–Crippen LogP) is -0.447. The van der Waals surface area contributed by atoms with Crippen LogP contribution in [-0.2, 0) is 0 Å². The molecule has 4 N–H and O–H groups in total. The van der Waals surface area contributed by atoms with E-state index in [1.807, 2.05) is 0 Å². The van der Waals surface area contributed by atoms with E-state index in [9.17, 15) is 0 Å². The Hall–Kier alpha value is -0.120. The molecule has 66 valence electrons. The van der Waals surface area contributed by atoms with Crippen molar-refractivity contribution in [1.29, 1.82) is 0 Å². The predicted molar refractivity (Wildman–Crippen MR) is 45.2 cm³/mol. The van der Waals surface area contributed by atoms with Crippen molar-refractivity contribution in [3.05, 3.63) is 0 Å². The smallest absolute Gasteiger partial charge is 0.0471 e. The molecule has 0 saturated carbocycles. The summed E-state index contributed by atoms with van der Waals surface area (Å²) in [6, 6.07) is 0. The largest absolute Gasteiger partial charge is 0.396 e. The van der Waals surface area contributed by atoms with Crippen LogP contribution in [0.2, 0.25) is 0 Å². The van der Waals surface area contributed by atoms with E-state index in [1.165, 1.54) is 6.42 Å². The average Bonchev–Trinajstić information content (AvgIpc) is 2.52. The summed E-state index contributed by atoms with van der Waals surface area (Å²) >= 11 is 0. The van der Waals surface area contributed by atoms with E-state index >= 15 is 0 Å². The SMILES string of the molecule is NCC(CO)CC1CCNC1. The molecule has 2 unspecified atom stereocenters. The molecule has 11 heavy (non-hydrogen) atoms. The molecule has 0 aromatic rings. The molecule has 1 heterocycles. The Kier molecular flexibility index (Phi) is 3.83. The minimum Gasteiger partial charge on any atom is -0.396 e. The van der Waals surface area contributed by atoms with Gasteiger partial charge in [-0.15, -0.1) is 0 Å². The second-order valence-corrected chi connectivity index (χ2v) is 3.38. The van der Waals surface area contributed by atoms with Crippen LogP contribution >= 0.6 is 0 Å². The van der Waals surface area contributed by atoms with Gasteiger partial charge in [0.2, 0.25) is 0 Å². The van der Waals surface area contributed by atoms with Gasteiger partial charge < -0.3 is 16.2 Å². The highest BCUT2D eigenvalue weighted by molar-refractivity contribution is 4.74. The molecule has 0 aromatic carbocycles. The van der Waals surface area contributed by atoms with Gasteiger partial charge in [-0.1, -0.05) is 0 Å². The molecule has 0 amide bonds. The quantitative estimate of drug-likeness (QED) is 0.519. The van der Waals surface area contributed by atoms with Gasteiger partial charge in [-0.3, -0.25) is 0 Å². The normalized spacial score (nSPS) is 27.3. The summed E-state index contributed by atoms with van der Waals surface area (Å²) in [5.74, 6) is 1.07. The van der Waals surface area contributed by atoms with E-state index in [0.29, 0.717) is 12.5 Å². The molecule has 1 saturated heterocycles. The third kappa shape index (κ3) is 2.77. The van der Waals surface area contributed by atoms with Crippen LogP contribution in [0.5, 0.6) is 0 Å². The second kappa shape index (κ2) is 4.70. The van der Waals surface area contributed by atoms with Gasteiger partial charge in [0.05, 0.1) is 0 Å². The number of aliphatic hydroxyl groups is 1. The number of aliphatic hydroxyl groups excluding tert-OH is 1. The zero-order valence-electron chi connectivity index (χ0n) is 6.92. The summed E-state index contributed by atoms with van der Waals surface area (Å²) in [5.41, 5.74) is 5.48. The molecule has 0 aliphatic carbocycles. The van der Waals surface area contributed by atoms with Gasteiger partial charge >= 0.3 is 0 Å². The number of nitrogens with two attached hydrogens (primary N) is 1. The van der Waals surface area contributed by atoms with Gasteiger partial charge in [-0.2, -0.15) is 0 Å². The Morgan fingerprint density at radius 3 is 2.91 bits per heavy atom. The fraction of sp³-hybridized carbons (Fsp3) is 1.00. The lowest BCUT2D eigenvalue weighted by Gasteiger charge is -2.15. The fourth-order valence-corrected chi connectivity index (χ4v) is 1.63. The second-order valence-electron chi connectivity index (χ2n) is 3.38. The molecule has 1 aliphatic heterocycles. The highest BCUT2D eigenvalue weighted by Gasteiger charge is 2.18. The first kappa shape index (κ1) is 8.97. The molecule has 0 aromatic heterocycles. The Morgan fingerprint density at radius 1 is 1.64 bits per heavy atom. The summed E-state index contributed by atoms with van der Waals surface area (Å²) in [5, 5.41) is 12.2. The molecule has 1 fully saturated rings. The molecular formula is C8H18N2O. The lowest BCUT2D eigenvalue weighted by molar-refractivity contribution is 0.207. The molecule has 1 aliphatic rings. The Balaban J connectivity index is 2.16. The molecule has 0 radical (unpaired) electrons. The number of hydrogen-bond donors (Lipinski definition) is 3. The molecule has 0 spiro atoms. The van der Waals surface area contributed by atoms with Crippen molar-refractivity contribution in [2.75, 3.05) is 26.2 Å². The van der Waals surface area contributed by atoms with Crippen molar-refractivity contribution in [2.45, 2.75) is 12.8 Å². The zero-order chi connectivity index (χ0) is 8.10. The lowest BCUT2D eigenvalue weighted by Crippen LogP contribution is -2.22. The molecule has 0 bridgehead atoms.